The zero-order chi connectivity index (χ0) is 9.40. The molecule has 0 saturated carbocycles. The summed E-state index contributed by atoms with van der Waals surface area (Å²) in [6, 6.07) is 0. The predicted octanol–water partition coefficient (Wildman–Crippen LogP) is 2.15. The Balaban J connectivity index is 3.22. The van der Waals surface area contributed by atoms with Crippen LogP contribution in [0.1, 0.15) is 20.3 Å². The van der Waals surface area contributed by atoms with Crippen molar-refractivity contribution in [2.75, 3.05) is 18.5 Å². The molecule has 0 aliphatic rings. The van der Waals surface area contributed by atoms with Gasteiger partial charge in [-0.2, -0.15) is 0 Å². The Morgan fingerprint density at radius 1 is 1.58 bits per heavy atom. The number of ether oxygens (including phenoxy) is 1. The number of hydrogen-bond donors (Lipinski definition) is 1. The Morgan fingerprint density at radius 2 is 2.25 bits per heavy atom. The minimum atomic E-state index is -0.315. The summed E-state index contributed by atoms with van der Waals surface area (Å²) in [4.78, 5) is 10.9. The molecule has 3 nitrogen and oxygen atoms in total. The first-order valence-corrected chi connectivity index (χ1v) is 5.25. The number of carbonyl (C=O) groups excluding carboxylic acids is 1. The van der Waals surface area contributed by atoms with E-state index in [2.05, 4.69) is 21.2 Å². The molecular formula is C8H16BrNO2. The van der Waals surface area contributed by atoms with E-state index >= 15 is 0 Å². The number of rotatable bonds is 5. The van der Waals surface area contributed by atoms with E-state index in [1.807, 2.05) is 13.8 Å². The number of carbonyl (C=O) groups is 1. The van der Waals surface area contributed by atoms with E-state index in [4.69, 9.17) is 4.74 Å². The van der Waals surface area contributed by atoms with E-state index in [9.17, 15) is 4.79 Å². The van der Waals surface area contributed by atoms with Crippen LogP contribution in [-0.2, 0) is 4.74 Å². The van der Waals surface area contributed by atoms with E-state index in [1.54, 1.807) is 0 Å². The minimum Gasteiger partial charge on any atom is -0.450 e. The molecule has 0 aromatic rings. The van der Waals surface area contributed by atoms with Gasteiger partial charge in [-0.15, -0.1) is 0 Å². The second kappa shape index (κ2) is 7.40. The van der Waals surface area contributed by atoms with Gasteiger partial charge in [-0.1, -0.05) is 29.8 Å². The highest BCUT2D eigenvalue weighted by molar-refractivity contribution is 9.09. The monoisotopic (exact) mass is 237 g/mol. The average Bonchev–Trinajstić information content (AvgIpc) is 2.01. The first-order valence-electron chi connectivity index (χ1n) is 4.13. The van der Waals surface area contributed by atoms with Gasteiger partial charge < -0.3 is 10.1 Å². The molecule has 0 aliphatic heterocycles. The highest BCUT2D eigenvalue weighted by atomic mass is 79.9. The molecule has 0 aromatic heterocycles. The molecule has 0 fully saturated rings. The number of nitrogens with one attached hydrogen (secondary N) is 1. The Labute approximate surface area is 82.0 Å². The number of alkyl carbamates (subject to hydrolysis) is 1. The van der Waals surface area contributed by atoms with Gasteiger partial charge in [0.2, 0.25) is 0 Å². The van der Waals surface area contributed by atoms with Crippen LogP contribution < -0.4 is 5.32 Å². The molecule has 72 valence electrons. The van der Waals surface area contributed by atoms with Gasteiger partial charge in [0.05, 0.1) is 6.61 Å². The summed E-state index contributed by atoms with van der Waals surface area (Å²) in [6.45, 7) is 5.24. The Hall–Kier alpha value is -0.250. The lowest BCUT2D eigenvalue weighted by atomic mass is 10.2. The third-order valence-electron chi connectivity index (χ3n) is 1.17. The predicted molar refractivity (Wildman–Crippen MR) is 52.6 cm³/mol. The Kier molecular flexibility index (Phi) is 7.25. The van der Waals surface area contributed by atoms with Crippen molar-refractivity contribution in [3.05, 3.63) is 0 Å². The van der Waals surface area contributed by atoms with E-state index in [0.717, 1.165) is 11.8 Å². The number of alkyl halides is 1. The molecule has 1 amide bonds. The van der Waals surface area contributed by atoms with Gasteiger partial charge in [0, 0.05) is 11.9 Å². The van der Waals surface area contributed by atoms with Crippen LogP contribution in [0.15, 0.2) is 0 Å². The molecule has 0 radical (unpaired) electrons. The number of hydrogen-bond acceptors (Lipinski definition) is 2. The lowest BCUT2D eigenvalue weighted by Gasteiger charge is -2.07. The van der Waals surface area contributed by atoms with Gasteiger partial charge in [-0.05, 0) is 12.3 Å². The van der Waals surface area contributed by atoms with Crippen LogP contribution >= 0.6 is 15.9 Å². The second-order valence-corrected chi connectivity index (χ2v) is 3.75. The van der Waals surface area contributed by atoms with Gasteiger partial charge in [0.1, 0.15) is 0 Å². The van der Waals surface area contributed by atoms with Crippen molar-refractivity contribution in [1.29, 1.82) is 0 Å². The van der Waals surface area contributed by atoms with Crippen LogP contribution in [-0.4, -0.2) is 24.6 Å². The largest absolute Gasteiger partial charge is 0.450 e. The van der Waals surface area contributed by atoms with Crippen molar-refractivity contribution in [3.63, 3.8) is 0 Å². The van der Waals surface area contributed by atoms with Gasteiger partial charge >= 0.3 is 6.09 Å². The molecular weight excluding hydrogens is 222 g/mol. The fraction of sp³-hybridized carbons (Fsp3) is 0.875. The second-order valence-electron chi connectivity index (χ2n) is 2.95. The minimum absolute atomic E-state index is 0.315. The smallest absolute Gasteiger partial charge is 0.407 e. The molecule has 12 heavy (non-hydrogen) atoms. The third kappa shape index (κ3) is 7.85. The fourth-order valence-electron chi connectivity index (χ4n) is 0.558. The van der Waals surface area contributed by atoms with Gasteiger partial charge in [0.25, 0.3) is 0 Å². The van der Waals surface area contributed by atoms with Crippen LogP contribution in [0.25, 0.3) is 0 Å². The fourth-order valence-corrected chi connectivity index (χ4v) is 0.787. The van der Waals surface area contributed by atoms with E-state index < -0.39 is 0 Å². The van der Waals surface area contributed by atoms with Crippen LogP contribution in [0.2, 0.25) is 0 Å². The molecule has 0 spiro atoms. The number of amides is 1. The van der Waals surface area contributed by atoms with Gasteiger partial charge in [-0.3, -0.25) is 0 Å². The van der Waals surface area contributed by atoms with Crippen molar-refractivity contribution in [2.24, 2.45) is 5.92 Å². The average molecular weight is 238 g/mol. The maximum absolute atomic E-state index is 10.9. The SMILES string of the molecule is CC(C)CNC(=O)OCCCBr. The molecule has 0 aromatic carbocycles. The quantitative estimate of drug-likeness (QED) is 0.588. The first kappa shape index (κ1) is 11.8. The third-order valence-corrected chi connectivity index (χ3v) is 1.73. The van der Waals surface area contributed by atoms with Crippen molar-refractivity contribution < 1.29 is 9.53 Å². The van der Waals surface area contributed by atoms with E-state index in [1.165, 1.54) is 0 Å². The molecule has 0 bridgehead atoms. The summed E-state index contributed by atoms with van der Waals surface area (Å²) in [5.74, 6) is 0.466. The zero-order valence-corrected chi connectivity index (χ0v) is 9.19. The van der Waals surface area contributed by atoms with Crippen LogP contribution in [0, 0.1) is 5.92 Å². The summed E-state index contributed by atoms with van der Waals surface area (Å²) in [5, 5.41) is 3.53. The maximum Gasteiger partial charge on any atom is 0.407 e. The Bertz CT molecular complexity index is 128. The zero-order valence-electron chi connectivity index (χ0n) is 7.60. The van der Waals surface area contributed by atoms with Crippen molar-refractivity contribution in [2.45, 2.75) is 20.3 Å². The Morgan fingerprint density at radius 3 is 2.75 bits per heavy atom. The highest BCUT2D eigenvalue weighted by Crippen LogP contribution is 1.91. The van der Waals surface area contributed by atoms with Gasteiger partial charge in [-0.25, -0.2) is 4.79 Å². The molecule has 1 N–H and O–H groups in total. The van der Waals surface area contributed by atoms with Crippen molar-refractivity contribution in [3.8, 4) is 0 Å². The maximum atomic E-state index is 10.9. The van der Waals surface area contributed by atoms with Crippen LogP contribution in [0.4, 0.5) is 4.79 Å². The van der Waals surface area contributed by atoms with Crippen molar-refractivity contribution in [1.82, 2.24) is 5.32 Å². The molecule has 0 rings (SSSR count). The lowest BCUT2D eigenvalue weighted by molar-refractivity contribution is 0.145. The summed E-state index contributed by atoms with van der Waals surface area (Å²) in [6.07, 6.45) is 0.541. The standard InChI is InChI=1S/C8H16BrNO2/c1-7(2)6-10-8(11)12-5-3-4-9/h7H,3-6H2,1-2H3,(H,10,11). The lowest BCUT2D eigenvalue weighted by Crippen LogP contribution is -2.28. The molecule has 0 atom stereocenters. The number of halogens is 1. The summed E-state index contributed by atoms with van der Waals surface area (Å²) >= 11 is 3.25. The molecule has 0 saturated heterocycles. The van der Waals surface area contributed by atoms with E-state index in [0.29, 0.717) is 19.1 Å². The van der Waals surface area contributed by atoms with Gasteiger partial charge in [0.15, 0.2) is 0 Å². The summed E-state index contributed by atoms with van der Waals surface area (Å²) in [5.41, 5.74) is 0. The normalized spacial score (nSPS) is 10.0. The molecule has 4 heteroatoms. The summed E-state index contributed by atoms with van der Waals surface area (Å²) < 4.78 is 4.85. The topological polar surface area (TPSA) is 38.3 Å². The van der Waals surface area contributed by atoms with E-state index in [-0.39, 0.29) is 6.09 Å². The van der Waals surface area contributed by atoms with Crippen LogP contribution in [0.5, 0.6) is 0 Å². The molecule has 0 heterocycles. The molecule has 0 aliphatic carbocycles. The molecule has 0 unspecified atom stereocenters. The first-order chi connectivity index (χ1) is 5.66. The van der Waals surface area contributed by atoms with Crippen molar-refractivity contribution >= 4 is 22.0 Å². The van der Waals surface area contributed by atoms with Crippen LogP contribution in [0.3, 0.4) is 0 Å². The highest BCUT2D eigenvalue weighted by Gasteiger charge is 2.01. The summed E-state index contributed by atoms with van der Waals surface area (Å²) in [7, 11) is 0.